The number of carbonyl (C=O) groups excluding carboxylic acids is 2. The summed E-state index contributed by atoms with van der Waals surface area (Å²) in [5.41, 5.74) is 1.37. The number of rotatable bonds is 3. The molecule has 2 aliphatic rings. The van der Waals surface area contributed by atoms with Gasteiger partial charge in [0.25, 0.3) is 5.91 Å². The fraction of sp³-hybridized carbons (Fsp3) is 0.500. The van der Waals surface area contributed by atoms with E-state index in [1.54, 1.807) is 34.1 Å². The van der Waals surface area contributed by atoms with Crippen LogP contribution in [0.1, 0.15) is 23.2 Å². The summed E-state index contributed by atoms with van der Waals surface area (Å²) in [7, 11) is -3.20. The van der Waals surface area contributed by atoms with Gasteiger partial charge in [-0.05, 0) is 30.7 Å². The van der Waals surface area contributed by atoms with E-state index in [9.17, 15) is 18.0 Å². The van der Waals surface area contributed by atoms with Crippen LogP contribution in [-0.4, -0.2) is 68.4 Å². The van der Waals surface area contributed by atoms with Crippen molar-refractivity contribution in [1.82, 2.24) is 9.21 Å². The first-order valence-corrected chi connectivity index (χ1v) is 9.86. The molecule has 0 radical (unpaired) electrons. The molecular formula is C16H21N3O4S. The molecule has 0 spiro atoms. The Morgan fingerprint density at radius 1 is 1.00 bits per heavy atom. The lowest BCUT2D eigenvalue weighted by atomic mass is 10.1. The second-order valence-corrected chi connectivity index (χ2v) is 8.13. The lowest BCUT2D eigenvalue weighted by Crippen LogP contribution is -2.50. The van der Waals surface area contributed by atoms with E-state index in [0.29, 0.717) is 38.2 Å². The normalized spacial score (nSPS) is 19.8. The summed E-state index contributed by atoms with van der Waals surface area (Å²) in [4.78, 5) is 27.7. The summed E-state index contributed by atoms with van der Waals surface area (Å²) in [6.45, 7) is 2.14. The van der Waals surface area contributed by atoms with E-state index >= 15 is 0 Å². The Kier molecular flexibility index (Phi) is 4.60. The van der Waals surface area contributed by atoms with Crippen molar-refractivity contribution in [2.45, 2.75) is 12.8 Å². The van der Waals surface area contributed by atoms with Gasteiger partial charge in [-0.1, -0.05) is 0 Å². The van der Waals surface area contributed by atoms with Crippen molar-refractivity contribution >= 4 is 27.5 Å². The fourth-order valence-corrected chi connectivity index (χ4v) is 3.94. The van der Waals surface area contributed by atoms with Crippen molar-refractivity contribution in [2.24, 2.45) is 0 Å². The standard InChI is InChI=1S/C16H21N3O4S/c1-24(22,23)18-11-9-17(10-12-18)16(21)13-4-6-14(7-5-13)19-8-2-3-15(19)20/h4-7H,2-3,8-12H2,1H3. The number of hydrogen-bond acceptors (Lipinski definition) is 4. The van der Waals surface area contributed by atoms with Gasteiger partial charge in [0, 0.05) is 50.4 Å². The predicted molar refractivity (Wildman–Crippen MR) is 90.3 cm³/mol. The number of nitrogens with zero attached hydrogens (tertiary/aromatic N) is 3. The van der Waals surface area contributed by atoms with Crippen LogP contribution in [0.5, 0.6) is 0 Å². The Morgan fingerprint density at radius 2 is 1.62 bits per heavy atom. The van der Waals surface area contributed by atoms with E-state index in [1.807, 2.05) is 0 Å². The molecule has 1 aromatic rings. The summed E-state index contributed by atoms with van der Waals surface area (Å²) in [5, 5.41) is 0. The molecule has 8 heteroatoms. The van der Waals surface area contributed by atoms with Gasteiger partial charge in [-0.2, -0.15) is 4.31 Å². The molecule has 0 bridgehead atoms. The van der Waals surface area contributed by atoms with E-state index in [-0.39, 0.29) is 11.8 Å². The second-order valence-electron chi connectivity index (χ2n) is 6.15. The monoisotopic (exact) mass is 351 g/mol. The minimum atomic E-state index is -3.20. The zero-order chi connectivity index (χ0) is 17.3. The molecular weight excluding hydrogens is 330 g/mol. The number of sulfonamides is 1. The van der Waals surface area contributed by atoms with Crippen LogP contribution < -0.4 is 4.90 Å². The molecule has 7 nitrogen and oxygen atoms in total. The summed E-state index contributed by atoms with van der Waals surface area (Å²) < 4.78 is 24.4. The topological polar surface area (TPSA) is 78.0 Å². The minimum absolute atomic E-state index is 0.109. The molecule has 0 aliphatic carbocycles. The first-order valence-electron chi connectivity index (χ1n) is 8.01. The maximum Gasteiger partial charge on any atom is 0.253 e. The van der Waals surface area contributed by atoms with Gasteiger partial charge in [0.15, 0.2) is 0 Å². The van der Waals surface area contributed by atoms with Crippen LogP contribution in [0.15, 0.2) is 24.3 Å². The van der Waals surface area contributed by atoms with Gasteiger partial charge in [0.05, 0.1) is 6.26 Å². The highest BCUT2D eigenvalue weighted by Gasteiger charge is 2.27. The second kappa shape index (κ2) is 6.52. The Hall–Kier alpha value is -1.93. The summed E-state index contributed by atoms with van der Waals surface area (Å²) >= 11 is 0. The lowest BCUT2D eigenvalue weighted by molar-refractivity contribution is -0.117. The number of benzene rings is 1. The summed E-state index contributed by atoms with van der Waals surface area (Å²) in [5.74, 6) is 0.00780. The molecule has 0 aromatic heterocycles. The van der Waals surface area contributed by atoms with Crippen molar-refractivity contribution in [3.8, 4) is 0 Å². The quantitative estimate of drug-likeness (QED) is 0.796. The van der Waals surface area contributed by atoms with E-state index in [2.05, 4.69) is 0 Å². The number of piperazine rings is 1. The highest BCUT2D eigenvalue weighted by Crippen LogP contribution is 2.22. The zero-order valence-corrected chi connectivity index (χ0v) is 14.5. The molecule has 24 heavy (non-hydrogen) atoms. The first-order chi connectivity index (χ1) is 11.4. The van der Waals surface area contributed by atoms with E-state index in [4.69, 9.17) is 0 Å². The maximum atomic E-state index is 12.5. The van der Waals surface area contributed by atoms with Gasteiger partial charge in [0.1, 0.15) is 0 Å². The van der Waals surface area contributed by atoms with Crippen LogP contribution in [0.4, 0.5) is 5.69 Å². The number of carbonyl (C=O) groups is 2. The predicted octanol–water partition coefficient (Wildman–Crippen LogP) is 0.531. The van der Waals surface area contributed by atoms with Gasteiger partial charge in [0.2, 0.25) is 15.9 Å². The van der Waals surface area contributed by atoms with E-state index in [1.165, 1.54) is 10.6 Å². The van der Waals surface area contributed by atoms with Gasteiger partial charge < -0.3 is 9.80 Å². The van der Waals surface area contributed by atoms with Crippen LogP contribution in [0.3, 0.4) is 0 Å². The first kappa shape index (κ1) is 16.9. The molecule has 2 amide bonds. The molecule has 0 unspecified atom stereocenters. The maximum absolute atomic E-state index is 12.5. The average Bonchev–Trinajstić information content (AvgIpc) is 3.00. The van der Waals surface area contributed by atoms with E-state index in [0.717, 1.165) is 18.7 Å². The van der Waals surface area contributed by atoms with Crippen LogP contribution in [-0.2, 0) is 14.8 Å². The molecule has 2 fully saturated rings. The van der Waals surface area contributed by atoms with Gasteiger partial charge in [-0.25, -0.2) is 8.42 Å². The van der Waals surface area contributed by atoms with E-state index < -0.39 is 10.0 Å². The molecule has 0 N–H and O–H groups in total. The Labute approximate surface area is 141 Å². The Bertz CT molecular complexity index is 737. The lowest BCUT2D eigenvalue weighted by Gasteiger charge is -2.33. The molecule has 1 aromatic carbocycles. The third kappa shape index (κ3) is 3.44. The summed E-state index contributed by atoms with van der Waals surface area (Å²) in [6.07, 6.45) is 2.62. The SMILES string of the molecule is CS(=O)(=O)N1CCN(C(=O)c2ccc(N3CCCC3=O)cc2)CC1. The third-order valence-electron chi connectivity index (χ3n) is 4.49. The number of anilines is 1. The minimum Gasteiger partial charge on any atom is -0.336 e. The Morgan fingerprint density at radius 3 is 2.12 bits per heavy atom. The van der Waals surface area contributed by atoms with Crippen molar-refractivity contribution in [2.75, 3.05) is 43.9 Å². The van der Waals surface area contributed by atoms with Crippen molar-refractivity contribution in [3.05, 3.63) is 29.8 Å². The average molecular weight is 351 g/mol. The highest BCUT2D eigenvalue weighted by molar-refractivity contribution is 7.88. The summed E-state index contributed by atoms with van der Waals surface area (Å²) in [6, 6.07) is 7.05. The molecule has 2 heterocycles. The van der Waals surface area contributed by atoms with Crippen molar-refractivity contribution in [3.63, 3.8) is 0 Å². The van der Waals surface area contributed by atoms with Crippen molar-refractivity contribution in [1.29, 1.82) is 0 Å². The molecule has 2 aliphatic heterocycles. The van der Waals surface area contributed by atoms with Crippen molar-refractivity contribution < 1.29 is 18.0 Å². The fourth-order valence-electron chi connectivity index (χ4n) is 3.11. The van der Waals surface area contributed by atoms with Gasteiger partial charge >= 0.3 is 0 Å². The van der Waals surface area contributed by atoms with Crippen LogP contribution in [0.2, 0.25) is 0 Å². The largest absolute Gasteiger partial charge is 0.336 e. The Balaban J connectivity index is 1.65. The molecule has 3 rings (SSSR count). The van der Waals surface area contributed by atoms with Gasteiger partial charge in [-0.3, -0.25) is 9.59 Å². The highest BCUT2D eigenvalue weighted by atomic mass is 32.2. The smallest absolute Gasteiger partial charge is 0.253 e. The van der Waals surface area contributed by atoms with Gasteiger partial charge in [-0.15, -0.1) is 0 Å². The zero-order valence-electron chi connectivity index (χ0n) is 13.6. The molecule has 2 saturated heterocycles. The molecule has 0 atom stereocenters. The number of amides is 2. The van der Waals surface area contributed by atoms with Crippen LogP contribution >= 0.6 is 0 Å². The van der Waals surface area contributed by atoms with Crippen LogP contribution in [0.25, 0.3) is 0 Å². The third-order valence-corrected chi connectivity index (χ3v) is 5.80. The molecule has 130 valence electrons. The molecule has 0 saturated carbocycles. The number of hydrogen-bond donors (Lipinski definition) is 0. The van der Waals surface area contributed by atoms with Crippen LogP contribution in [0, 0.1) is 0 Å².